The molecule has 0 unspecified atom stereocenters. The fraction of sp³-hybridized carbons (Fsp3) is 0.0476. The van der Waals surface area contributed by atoms with Crippen molar-refractivity contribution in [2.24, 2.45) is 5.10 Å². The van der Waals surface area contributed by atoms with Gasteiger partial charge in [0.15, 0.2) is 0 Å². The minimum Gasteiger partial charge on any atom is -0.322 e. The summed E-state index contributed by atoms with van der Waals surface area (Å²) in [7, 11) is 0. The minimum absolute atomic E-state index is 0.329. The second-order valence-electron chi connectivity index (χ2n) is 5.91. The van der Waals surface area contributed by atoms with Crippen LogP contribution in [-0.2, 0) is 0 Å². The van der Waals surface area contributed by atoms with E-state index in [1.54, 1.807) is 43.3 Å². The molecule has 0 aliphatic rings. The zero-order valence-corrected chi connectivity index (χ0v) is 15.0. The molecule has 0 fully saturated rings. The molecule has 7 heteroatoms. The molecule has 0 saturated heterocycles. The molecule has 1 aromatic heterocycles. The molecule has 0 aliphatic heterocycles. The van der Waals surface area contributed by atoms with Crippen molar-refractivity contribution in [3.63, 3.8) is 0 Å². The number of anilines is 1. The highest BCUT2D eigenvalue weighted by atomic mass is 19.1. The van der Waals surface area contributed by atoms with E-state index in [2.05, 4.69) is 20.8 Å². The van der Waals surface area contributed by atoms with Gasteiger partial charge in [-0.2, -0.15) is 5.10 Å². The van der Waals surface area contributed by atoms with Gasteiger partial charge in [-0.25, -0.2) is 9.82 Å². The lowest BCUT2D eigenvalue weighted by atomic mass is 10.1. The summed E-state index contributed by atoms with van der Waals surface area (Å²) < 4.78 is 12.9. The molecule has 6 nitrogen and oxygen atoms in total. The third kappa shape index (κ3) is 4.85. The second-order valence-corrected chi connectivity index (χ2v) is 5.91. The van der Waals surface area contributed by atoms with Crippen molar-refractivity contribution < 1.29 is 14.0 Å². The number of benzene rings is 2. The van der Waals surface area contributed by atoms with Crippen LogP contribution in [0.4, 0.5) is 10.1 Å². The molecule has 0 bridgehead atoms. The van der Waals surface area contributed by atoms with E-state index in [0.29, 0.717) is 22.5 Å². The Morgan fingerprint density at radius 1 is 0.821 bits per heavy atom. The van der Waals surface area contributed by atoms with Crippen LogP contribution in [0.15, 0.2) is 78.2 Å². The van der Waals surface area contributed by atoms with Crippen molar-refractivity contribution in [1.82, 2.24) is 10.4 Å². The lowest BCUT2D eigenvalue weighted by molar-refractivity contribution is 0.0953. The largest absolute Gasteiger partial charge is 0.322 e. The van der Waals surface area contributed by atoms with Crippen molar-refractivity contribution in [3.8, 4) is 0 Å². The van der Waals surface area contributed by atoms with Crippen molar-refractivity contribution >= 4 is 23.2 Å². The average molecular weight is 376 g/mol. The first-order valence-electron chi connectivity index (χ1n) is 8.45. The van der Waals surface area contributed by atoms with E-state index in [1.807, 2.05) is 0 Å². The maximum atomic E-state index is 12.9. The van der Waals surface area contributed by atoms with Gasteiger partial charge in [0.05, 0.1) is 5.71 Å². The van der Waals surface area contributed by atoms with Gasteiger partial charge in [0.2, 0.25) is 0 Å². The Balaban J connectivity index is 1.62. The number of hydrogen-bond acceptors (Lipinski definition) is 4. The Hall–Kier alpha value is -3.87. The predicted octanol–water partition coefficient (Wildman–Crippen LogP) is 3.63. The number of nitrogens with zero attached hydrogens (tertiary/aromatic N) is 2. The standard InChI is InChI=1S/C21H17FN4O2/c1-14(25-26-21(28)17-10-12-23-13-11-17)15-4-8-19(9-5-15)24-20(27)16-2-6-18(22)7-3-16/h2-13H,1H3,(H,24,27)(H,26,28)/b25-14-. The van der Waals surface area contributed by atoms with Crippen LogP contribution >= 0.6 is 0 Å². The number of hydrogen-bond donors (Lipinski definition) is 2. The number of halogens is 1. The monoisotopic (exact) mass is 376 g/mol. The van der Waals surface area contributed by atoms with Gasteiger partial charge in [-0.1, -0.05) is 12.1 Å². The van der Waals surface area contributed by atoms with Gasteiger partial charge in [-0.05, 0) is 61.0 Å². The van der Waals surface area contributed by atoms with Crippen molar-refractivity contribution in [2.45, 2.75) is 6.92 Å². The van der Waals surface area contributed by atoms with Crippen LogP contribution in [0, 0.1) is 5.82 Å². The fourth-order valence-corrected chi connectivity index (χ4v) is 2.37. The van der Waals surface area contributed by atoms with Crippen LogP contribution in [-0.4, -0.2) is 22.5 Å². The van der Waals surface area contributed by atoms with E-state index >= 15 is 0 Å². The second kappa shape index (κ2) is 8.68. The quantitative estimate of drug-likeness (QED) is 0.527. The molecule has 0 atom stereocenters. The van der Waals surface area contributed by atoms with E-state index in [4.69, 9.17) is 0 Å². The Labute approximate surface area is 161 Å². The van der Waals surface area contributed by atoms with E-state index < -0.39 is 5.82 Å². The number of pyridine rings is 1. The van der Waals surface area contributed by atoms with Gasteiger partial charge in [-0.15, -0.1) is 0 Å². The van der Waals surface area contributed by atoms with Gasteiger partial charge in [0, 0.05) is 29.2 Å². The maximum Gasteiger partial charge on any atom is 0.271 e. The molecule has 2 N–H and O–H groups in total. The van der Waals surface area contributed by atoms with Gasteiger partial charge in [-0.3, -0.25) is 14.6 Å². The lowest BCUT2D eigenvalue weighted by Gasteiger charge is -2.07. The topological polar surface area (TPSA) is 83.4 Å². The highest BCUT2D eigenvalue weighted by Gasteiger charge is 2.07. The van der Waals surface area contributed by atoms with Crippen LogP contribution in [0.25, 0.3) is 0 Å². The summed E-state index contributed by atoms with van der Waals surface area (Å²) in [6, 6.07) is 15.5. The normalized spacial score (nSPS) is 11.0. The number of amides is 2. The zero-order chi connectivity index (χ0) is 19.9. The number of hydrazone groups is 1. The SMILES string of the molecule is C/C(=N/NC(=O)c1ccncc1)c1ccc(NC(=O)c2ccc(F)cc2)cc1. The maximum absolute atomic E-state index is 12.9. The molecule has 0 saturated carbocycles. The van der Waals surface area contributed by atoms with Crippen LogP contribution in [0.3, 0.4) is 0 Å². The first-order chi connectivity index (χ1) is 13.5. The molecule has 1 heterocycles. The van der Waals surface area contributed by atoms with Crippen molar-refractivity contribution in [3.05, 3.63) is 95.6 Å². The minimum atomic E-state index is -0.397. The molecule has 0 radical (unpaired) electrons. The molecule has 0 aliphatic carbocycles. The Morgan fingerprint density at radius 2 is 1.39 bits per heavy atom. The first-order valence-corrected chi connectivity index (χ1v) is 8.45. The van der Waals surface area contributed by atoms with Crippen LogP contribution in [0.2, 0.25) is 0 Å². The summed E-state index contributed by atoms with van der Waals surface area (Å²) >= 11 is 0. The molecular formula is C21H17FN4O2. The summed E-state index contributed by atoms with van der Waals surface area (Å²) in [5.74, 6) is -1.06. The summed E-state index contributed by atoms with van der Waals surface area (Å²) in [5, 5.41) is 6.83. The average Bonchev–Trinajstić information content (AvgIpc) is 2.73. The van der Waals surface area contributed by atoms with Gasteiger partial charge >= 0.3 is 0 Å². The van der Waals surface area contributed by atoms with Crippen LogP contribution in [0.5, 0.6) is 0 Å². The molecule has 3 rings (SSSR count). The van der Waals surface area contributed by atoms with Gasteiger partial charge < -0.3 is 5.32 Å². The van der Waals surface area contributed by atoms with Gasteiger partial charge in [0.1, 0.15) is 5.82 Å². The number of aromatic nitrogens is 1. The molecule has 2 amide bonds. The van der Waals surface area contributed by atoms with E-state index in [1.165, 1.54) is 36.7 Å². The van der Waals surface area contributed by atoms with E-state index in [-0.39, 0.29) is 11.8 Å². The summed E-state index contributed by atoms with van der Waals surface area (Å²) in [4.78, 5) is 28.0. The number of nitrogens with one attached hydrogen (secondary N) is 2. The third-order valence-electron chi connectivity index (χ3n) is 3.93. The molecule has 28 heavy (non-hydrogen) atoms. The first kappa shape index (κ1) is 18.9. The van der Waals surface area contributed by atoms with Crippen LogP contribution < -0.4 is 10.7 Å². The zero-order valence-electron chi connectivity index (χ0n) is 15.0. The van der Waals surface area contributed by atoms with Crippen LogP contribution in [0.1, 0.15) is 33.2 Å². The van der Waals surface area contributed by atoms with Gasteiger partial charge in [0.25, 0.3) is 11.8 Å². The molecule has 0 spiro atoms. The number of carbonyl (C=O) groups excluding carboxylic acids is 2. The summed E-state index contributed by atoms with van der Waals surface area (Å²) in [5.41, 5.74) is 5.30. The van der Waals surface area contributed by atoms with E-state index in [9.17, 15) is 14.0 Å². The summed E-state index contributed by atoms with van der Waals surface area (Å²) in [6.07, 6.45) is 3.06. The van der Waals surface area contributed by atoms with Crippen molar-refractivity contribution in [1.29, 1.82) is 0 Å². The Kier molecular flexibility index (Phi) is 5.86. The highest BCUT2D eigenvalue weighted by molar-refractivity contribution is 6.05. The smallest absolute Gasteiger partial charge is 0.271 e. The van der Waals surface area contributed by atoms with Crippen molar-refractivity contribution in [2.75, 3.05) is 5.32 Å². The molecule has 2 aromatic carbocycles. The number of carbonyl (C=O) groups is 2. The Bertz CT molecular complexity index is 1000. The predicted molar refractivity (Wildman–Crippen MR) is 105 cm³/mol. The molecule has 140 valence electrons. The fourth-order valence-electron chi connectivity index (χ4n) is 2.37. The Morgan fingerprint density at radius 3 is 2.04 bits per heavy atom. The number of rotatable bonds is 5. The third-order valence-corrected chi connectivity index (χ3v) is 3.93. The highest BCUT2D eigenvalue weighted by Crippen LogP contribution is 2.13. The molecule has 3 aromatic rings. The lowest BCUT2D eigenvalue weighted by Crippen LogP contribution is -2.19. The molecular weight excluding hydrogens is 359 g/mol. The summed E-state index contributed by atoms with van der Waals surface area (Å²) in [6.45, 7) is 1.76. The van der Waals surface area contributed by atoms with E-state index in [0.717, 1.165) is 5.56 Å².